The highest BCUT2D eigenvalue weighted by Crippen LogP contribution is 2.21. The summed E-state index contributed by atoms with van der Waals surface area (Å²) in [4.78, 5) is 14.5. The molecule has 0 saturated carbocycles. The Morgan fingerprint density at radius 1 is 1.33 bits per heavy atom. The SMILES string of the molecule is Cc1ccc(C(CNC(=O)C(C)Sc2nncn2C)N(C)C)cc1. The molecule has 0 fully saturated rings. The number of carbonyl (C=O) groups is 1. The summed E-state index contributed by atoms with van der Waals surface area (Å²) in [5.41, 5.74) is 2.42. The lowest BCUT2D eigenvalue weighted by Gasteiger charge is -2.26. The van der Waals surface area contributed by atoms with Crippen LogP contribution in [0.3, 0.4) is 0 Å². The number of thioether (sulfide) groups is 1. The van der Waals surface area contributed by atoms with E-state index in [-0.39, 0.29) is 17.2 Å². The minimum absolute atomic E-state index is 0.00182. The quantitative estimate of drug-likeness (QED) is 0.777. The van der Waals surface area contributed by atoms with Crippen LogP contribution in [0.4, 0.5) is 0 Å². The van der Waals surface area contributed by atoms with E-state index in [4.69, 9.17) is 0 Å². The smallest absolute Gasteiger partial charge is 0.233 e. The fourth-order valence-corrected chi connectivity index (χ4v) is 3.13. The molecule has 0 aliphatic heterocycles. The lowest BCUT2D eigenvalue weighted by atomic mass is 10.0. The standard InChI is InChI=1S/C17H25N5OS/c1-12-6-8-14(9-7-12)15(21(3)4)10-18-16(23)13(2)24-17-20-19-11-22(17)5/h6-9,11,13,15H,10H2,1-5H3,(H,18,23). The molecule has 0 radical (unpaired) electrons. The Hall–Kier alpha value is -1.86. The van der Waals surface area contributed by atoms with Gasteiger partial charge in [-0.15, -0.1) is 10.2 Å². The van der Waals surface area contributed by atoms with Crippen molar-refractivity contribution in [1.82, 2.24) is 25.0 Å². The molecule has 1 amide bonds. The fraction of sp³-hybridized carbons (Fsp3) is 0.471. The molecule has 24 heavy (non-hydrogen) atoms. The van der Waals surface area contributed by atoms with Crippen LogP contribution in [0.2, 0.25) is 0 Å². The Morgan fingerprint density at radius 2 is 2.00 bits per heavy atom. The molecule has 130 valence electrons. The largest absolute Gasteiger partial charge is 0.353 e. The number of likely N-dealkylation sites (N-methyl/N-ethyl adjacent to an activating group) is 1. The number of benzene rings is 1. The van der Waals surface area contributed by atoms with Crippen LogP contribution in [0, 0.1) is 6.92 Å². The van der Waals surface area contributed by atoms with Crippen molar-refractivity contribution in [2.45, 2.75) is 30.3 Å². The Labute approximate surface area is 147 Å². The van der Waals surface area contributed by atoms with Gasteiger partial charge in [0, 0.05) is 13.6 Å². The second-order valence-corrected chi connectivity index (χ2v) is 7.43. The molecule has 7 heteroatoms. The van der Waals surface area contributed by atoms with Crippen LogP contribution in [-0.2, 0) is 11.8 Å². The minimum Gasteiger partial charge on any atom is -0.353 e. The average molecular weight is 347 g/mol. The van der Waals surface area contributed by atoms with Crippen LogP contribution in [0.5, 0.6) is 0 Å². The van der Waals surface area contributed by atoms with Crippen molar-refractivity contribution in [2.75, 3.05) is 20.6 Å². The van der Waals surface area contributed by atoms with Gasteiger partial charge in [0.05, 0.1) is 11.3 Å². The predicted octanol–water partition coefficient (Wildman–Crippen LogP) is 2.02. The highest BCUT2D eigenvalue weighted by molar-refractivity contribution is 8.00. The number of hydrogen-bond acceptors (Lipinski definition) is 5. The number of hydrogen-bond donors (Lipinski definition) is 1. The Balaban J connectivity index is 1.94. The lowest BCUT2D eigenvalue weighted by molar-refractivity contribution is -0.120. The number of aromatic nitrogens is 3. The maximum absolute atomic E-state index is 12.4. The zero-order chi connectivity index (χ0) is 17.7. The van der Waals surface area contributed by atoms with Gasteiger partial charge in [-0.2, -0.15) is 0 Å². The summed E-state index contributed by atoms with van der Waals surface area (Å²) >= 11 is 1.41. The normalized spacial score (nSPS) is 13.8. The van der Waals surface area contributed by atoms with Gasteiger partial charge in [0.1, 0.15) is 6.33 Å². The summed E-state index contributed by atoms with van der Waals surface area (Å²) in [6, 6.07) is 8.57. The van der Waals surface area contributed by atoms with E-state index in [0.717, 1.165) is 5.16 Å². The van der Waals surface area contributed by atoms with E-state index < -0.39 is 0 Å². The number of amides is 1. The van der Waals surface area contributed by atoms with Gasteiger partial charge in [0.15, 0.2) is 5.16 Å². The molecule has 2 atom stereocenters. The first kappa shape index (κ1) is 18.5. The van der Waals surface area contributed by atoms with Gasteiger partial charge in [0.2, 0.25) is 5.91 Å². The zero-order valence-corrected chi connectivity index (χ0v) is 15.7. The van der Waals surface area contributed by atoms with Crippen LogP contribution < -0.4 is 5.32 Å². The molecular weight excluding hydrogens is 322 g/mol. The first-order valence-corrected chi connectivity index (χ1v) is 8.77. The second kappa shape index (κ2) is 8.30. The van der Waals surface area contributed by atoms with E-state index in [0.29, 0.717) is 6.54 Å². The van der Waals surface area contributed by atoms with Crippen molar-refractivity contribution in [3.05, 3.63) is 41.7 Å². The topological polar surface area (TPSA) is 63.1 Å². The van der Waals surface area contributed by atoms with Gasteiger partial charge in [-0.3, -0.25) is 4.79 Å². The first-order valence-electron chi connectivity index (χ1n) is 7.90. The van der Waals surface area contributed by atoms with Crippen molar-refractivity contribution in [3.8, 4) is 0 Å². The number of aryl methyl sites for hydroxylation is 2. The maximum Gasteiger partial charge on any atom is 0.233 e. The minimum atomic E-state index is -0.228. The molecule has 0 aliphatic carbocycles. The van der Waals surface area contributed by atoms with Gasteiger partial charge in [-0.1, -0.05) is 41.6 Å². The van der Waals surface area contributed by atoms with Crippen molar-refractivity contribution in [1.29, 1.82) is 0 Å². The number of rotatable bonds is 7. The Kier molecular flexibility index (Phi) is 6.39. The molecule has 0 aliphatic rings. The molecule has 1 aromatic carbocycles. The average Bonchev–Trinajstić information content (AvgIpc) is 2.93. The molecule has 0 bridgehead atoms. The van der Waals surface area contributed by atoms with E-state index >= 15 is 0 Å². The van der Waals surface area contributed by atoms with E-state index in [1.807, 2.05) is 32.6 Å². The van der Waals surface area contributed by atoms with E-state index in [9.17, 15) is 4.79 Å². The summed E-state index contributed by atoms with van der Waals surface area (Å²) in [6.07, 6.45) is 1.63. The number of carbonyl (C=O) groups excluding carboxylic acids is 1. The van der Waals surface area contributed by atoms with Crippen LogP contribution in [0.15, 0.2) is 35.7 Å². The van der Waals surface area contributed by atoms with Crippen LogP contribution in [0.1, 0.15) is 24.1 Å². The lowest BCUT2D eigenvalue weighted by Crippen LogP contribution is -2.38. The molecule has 1 heterocycles. The van der Waals surface area contributed by atoms with E-state index in [2.05, 4.69) is 51.6 Å². The summed E-state index contributed by atoms with van der Waals surface area (Å²) in [6.45, 7) is 4.52. The summed E-state index contributed by atoms with van der Waals surface area (Å²) in [5, 5.41) is 11.4. The van der Waals surface area contributed by atoms with Gasteiger partial charge < -0.3 is 14.8 Å². The highest BCUT2D eigenvalue weighted by atomic mass is 32.2. The van der Waals surface area contributed by atoms with Crippen molar-refractivity contribution >= 4 is 17.7 Å². The second-order valence-electron chi connectivity index (χ2n) is 6.12. The molecule has 1 aromatic heterocycles. The van der Waals surface area contributed by atoms with Crippen LogP contribution in [-0.4, -0.2) is 51.5 Å². The van der Waals surface area contributed by atoms with Gasteiger partial charge in [-0.05, 0) is 33.5 Å². The van der Waals surface area contributed by atoms with Crippen molar-refractivity contribution in [2.24, 2.45) is 7.05 Å². The fourth-order valence-electron chi connectivity index (χ4n) is 2.32. The molecule has 2 unspecified atom stereocenters. The third-order valence-corrected chi connectivity index (χ3v) is 5.02. The Bertz CT molecular complexity index is 668. The third-order valence-electron chi connectivity index (χ3n) is 3.88. The zero-order valence-electron chi connectivity index (χ0n) is 14.9. The molecule has 0 saturated heterocycles. The summed E-state index contributed by atoms with van der Waals surface area (Å²) in [7, 11) is 5.91. The van der Waals surface area contributed by atoms with Gasteiger partial charge in [0.25, 0.3) is 0 Å². The molecule has 2 aromatic rings. The van der Waals surface area contributed by atoms with Crippen molar-refractivity contribution in [3.63, 3.8) is 0 Å². The number of nitrogens with zero attached hydrogens (tertiary/aromatic N) is 4. The predicted molar refractivity (Wildman–Crippen MR) is 96.9 cm³/mol. The molecule has 0 spiro atoms. The van der Waals surface area contributed by atoms with Gasteiger partial charge >= 0.3 is 0 Å². The summed E-state index contributed by atoms with van der Waals surface area (Å²) in [5.74, 6) is 0.00182. The highest BCUT2D eigenvalue weighted by Gasteiger charge is 2.20. The first-order chi connectivity index (χ1) is 11.4. The molecule has 6 nitrogen and oxygen atoms in total. The van der Waals surface area contributed by atoms with Gasteiger partial charge in [-0.25, -0.2) is 0 Å². The number of nitrogens with one attached hydrogen (secondary N) is 1. The van der Waals surface area contributed by atoms with Crippen LogP contribution >= 0.6 is 11.8 Å². The molecule has 2 rings (SSSR count). The molecule has 1 N–H and O–H groups in total. The molecular formula is C17H25N5OS. The third kappa shape index (κ3) is 4.82. The van der Waals surface area contributed by atoms with E-state index in [1.165, 1.54) is 22.9 Å². The van der Waals surface area contributed by atoms with Crippen LogP contribution in [0.25, 0.3) is 0 Å². The Morgan fingerprint density at radius 3 is 2.54 bits per heavy atom. The summed E-state index contributed by atoms with van der Waals surface area (Å²) < 4.78 is 1.81. The monoisotopic (exact) mass is 347 g/mol. The van der Waals surface area contributed by atoms with E-state index in [1.54, 1.807) is 6.33 Å². The maximum atomic E-state index is 12.4. The van der Waals surface area contributed by atoms with Crippen molar-refractivity contribution < 1.29 is 4.79 Å².